The highest BCUT2D eigenvalue weighted by molar-refractivity contribution is 7.90. The van der Waals surface area contributed by atoms with E-state index < -0.39 is 10.0 Å². The van der Waals surface area contributed by atoms with Crippen LogP contribution in [0.2, 0.25) is 0 Å². The summed E-state index contributed by atoms with van der Waals surface area (Å²) in [7, 11) is -3.65. The van der Waals surface area contributed by atoms with E-state index in [0.29, 0.717) is 22.6 Å². The molecule has 1 amide bonds. The molecule has 2 aromatic rings. The summed E-state index contributed by atoms with van der Waals surface area (Å²) in [5, 5.41) is 3.05. The number of nitrogens with zero attached hydrogens (tertiary/aromatic N) is 2. The van der Waals surface area contributed by atoms with Gasteiger partial charge in [0.05, 0.1) is 0 Å². The largest absolute Gasteiger partial charge is 0.339 e. The maximum Gasteiger partial charge on any atom is 0.285 e. The molecular formula is C20H21N3O3S. The zero-order chi connectivity index (χ0) is 19.0. The van der Waals surface area contributed by atoms with Gasteiger partial charge in [-0.15, -0.1) is 4.40 Å². The van der Waals surface area contributed by atoms with Crippen LogP contribution in [0.3, 0.4) is 0 Å². The van der Waals surface area contributed by atoms with Gasteiger partial charge in [0.2, 0.25) is 0 Å². The van der Waals surface area contributed by atoms with E-state index in [2.05, 4.69) is 16.6 Å². The van der Waals surface area contributed by atoms with Gasteiger partial charge < -0.3 is 10.2 Å². The van der Waals surface area contributed by atoms with E-state index in [0.717, 1.165) is 19.4 Å². The monoisotopic (exact) mass is 383 g/mol. The maximum absolute atomic E-state index is 12.7. The van der Waals surface area contributed by atoms with Crippen LogP contribution in [0.25, 0.3) is 0 Å². The fourth-order valence-electron chi connectivity index (χ4n) is 3.59. The first-order valence-electron chi connectivity index (χ1n) is 9.08. The van der Waals surface area contributed by atoms with Crippen LogP contribution < -0.4 is 5.32 Å². The predicted octanol–water partition coefficient (Wildman–Crippen LogP) is 3.26. The van der Waals surface area contributed by atoms with E-state index >= 15 is 0 Å². The molecule has 7 heteroatoms. The van der Waals surface area contributed by atoms with Crippen LogP contribution in [0.1, 0.15) is 42.1 Å². The Balaban J connectivity index is 1.53. The van der Waals surface area contributed by atoms with E-state index in [1.807, 2.05) is 4.90 Å². The van der Waals surface area contributed by atoms with Crippen LogP contribution in [0.5, 0.6) is 0 Å². The van der Waals surface area contributed by atoms with Crippen LogP contribution in [-0.2, 0) is 10.0 Å². The Morgan fingerprint density at radius 2 is 1.85 bits per heavy atom. The van der Waals surface area contributed by atoms with E-state index in [1.165, 1.54) is 6.42 Å². The number of carbonyl (C=O) groups is 1. The maximum atomic E-state index is 12.7. The highest BCUT2D eigenvalue weighted by Gasteiger charge is 2.28. The van der Waals surface area contributed by atoms with Crippen molar-refractivity contribution in [1.82, 2.24) is 4.90 Å². The van der Waals surface area contributed by atoms with E-state index in [1.54, 1.807) is 48.5 Å². The van der Waals surface area contributed by atoms with Crippen molar-refractivity contribution < 1.29 is 13.2 Å². The van der Waals surface area contributed by atoms with Crippen molar-refractivity contribution >= 4 is 27.5 Å². The molecule has 2 aliphatic heterocycles. The van der Waals surface area contributed by atoms with Gasteiger partial charge in [0.1, 0.15) is 4.90 Å². The lowest BCUT2D eigenvalue weighted by Crippen LogP contribution is -2.42. The number of carbonyl (C=O) groups excluding carboxylic acids is 1. The number of piperidine rings is 1. The SMILES string of the molecule is CC1CCCCN1C(=O)c1ccc(NC2=NS(=O)(=O)c3ccccc32)cc1. The highest BCUT2D eigenvalue weighted by atomic mass is 32.2. The molecule has 2 heterocycles. The fraction of sp³-hybridized carbons (Fsp3) is 0.300. The third-order valence-electron chi connectivity index (χ3n) is 5.09. The summed E-state index contributed by atoms with van der Waals surface area (Å²) in [6, 6.07) is 14.1. The number of fused-ring (bicyclic) bond motifs is 1. The Morgan fingerprint density at radius 3 is 2.59 bits per heavy atom. The van der Waals surface area contributed by atoms with Gasteiger partial charge in [0.25, 0.3) is 15.9 Å². The molecule has 2 aliphatic rings. The third kappa shape index (κ3) is 3.35. The van der Waals surface area contributed by atoms with Crippen LogP contribution in [0, 0.1) is 0 Å². The van der Waals surface area contributed by atoms with Crippen LogP contribution in [-0.4, -0.2) is 37.6 Å². The lowest BCUT2D eigenvalue weighted by molar-refractivity contribution is 0.0635. The van der Waals surface area contributed by atoms with Gasteiger partial charge in [-0.05, 0) is 62.6 Å². The van der Waals surface area contributed by atoms with Crippen molar-refractivity contribution in [3.05, 3.63) is 59.7 Å². The van der Waals surface area contributed by atoms with Gasteiger partial charge in [0, 0.05) is 29.4 Å². The quantitative estimate of drug-likeness (QED) is 0.863. The number of hydrogen-bond acceptors (Lipinski definition) is 4. The Labute approximate surface area is 159 Å². The van der Waals surface area contributed by atoms with Crippen molar-refractivity contribution in [3.8, 4) is 0 Å². The minimum Gasteiger partial charge on any atom is -0.339 e. The molecule has 1 N–H and O–H groups in total. The third-order valence-corrected chi connectivity index (χ3v) is 6.42. The van der Waals surface area contributed by atoms with Crippen molar-refractivity contribution in [2.75, 3.05) is 11.9 Å². The standard InChI is InChI=1S/C20H21N3O3S/c1-14-6-4-5-13-23(14)20(24)15-9-11-16(12-10-15)21-19-17-7-2-3-8-18(17)27(25,26)22-19/h2-3,7-12,14H,4-6,13H2,1H3,(H,21,22). The molecule has 27 heavy (non-hydrogen) atoms. The minimum absolute atomic E-state index is 0.0416. The van der Waals surface area contributed by atoms with Gasteiger partial charge in [-0.2, -0.15) is 8.42 Å². The smallest absolute Gasteiger partial charge is 0.285 e. The van der Waals surface area contributed by atoms with Crippen molar-refractivity contribution in [3.63, 3.8) is 0 Å². The first-order chi connectivity index (χ1) is 13.0. The molecule has 140 valence electrons. The second kappa shape index (κ2) is 6.81. The molecule has 6 nitrogen and oxygen atoms in total. The number of sulfonamides is 1. The Bertz CT molecular complexity index is 1010. The number of rotatable bonds is 2. The molecule has 1 saturated heterocycles. The number of amides is 1. The molecule has 0 saturated carbocycles. The Hall–Kier alpha value is -2.67. The second-order valence-electron chi connectivity index (χ2n) is 6.96. The summed E-state index contributed by atoms with van der Waals surface area (Å²) >= 11 is 0. The summed E-state index contributed by atoms with van der Waals surface area (Å²) in [4.78, 5) is 14.9. The number of hydrogen-bond donors (Lipinski definition) is 1. The lowest BCUT2D eigenvalue weighted by atomic mass is 10.0. The first kappa shape index (κ1) is 17.7. The summed E-state index contributed by atoms with van der Waals surface area (Å²) in [5.41, 5.74) is 1.87. The van der Waals surface area contributed by atoms with Gasteiger partial charge in [-0.3, -0.25) is 4.79 Å². The number of likely N-dealkylation sites (tertiary alicyclic amines) is 1. The van der Waals surface area contributed by atoms with Gasteiger partial charge in [-0.25, -0.2) is 0 Å². The van der Waals surface area contributed by atoms with Crippen LogP contribution in [0.4, 0.5) is 5.69 Å². The summed E-state index contributed by atoms with van der Waals surface area (Å²) in [5.74, 6) is 0.342. The lowest BCUT2D eigenvalue weighted by Gasteiger charge is -2.33. The Morgan fingerprint density at radius 1 is 1.11 bits per heavy atom. The molecule has 4 rings (SSSR count). The van der Waals surface area contributed by atoms with E-state index in [-0.39, 0.29) is 16.8 Å². The summed E-state index contributed by atoms with van der Waals surface area (Å²) in [6.45, 7) is 2.88. The molecule has 1 fully saturated rings. The van der Waals surface area contributed by atoms with E-state index in [4.69, 9.17) is 0 Å². The molecular weight excluding hydrogens is 362 g/mol. The number of benzene rings is 2. The van der Waals surface area contributed by atoms with Crippen molar-refractivity contribution in [1.29, 1.82) is 0 Å². The average Bonchev–Trinajstić information content (AvgIpc) is 2.93. The first-order valence-corrected chi connectivity index (χ1v) is 10.5. The highest BCUT2D eigenvalue weighted by Crippen LogP contribution is 2.27. The predicted molar refractivity (Wildman–Crippen MR) is 105 cm³/mol. The average molecular weight is 383 g/mol. The van der Waals surface area contributed by atoms with Crippen molar-refractivity contribution in [2.24, 2.45) is 4.40 Å². The van der Waals surface area contributed by atoms with Crippen molar-refractivity contribution in [2.45, 2.75) is 37.1 Å². The molecule has 0 aromatic heterocycles. The molecule has 1 atom stereocenters. The topological polar surface area (TPSA) is 78.8 Å². The van der Waals surface area contributed by atoms with Gasteiger partial charge >= 0.3 is 0 Å². The molecule has 0 spiro atoms. The molecule has 2 aromatic carbocycles. The van der Waals surface area contributed by atoms with E-state index in [9.17, 15) is 13.2 Å². The molecule has 0 bridgehead atoms. The summed E-state index contributed by atoms with van der Waals surface area (Å²) in [6.07, 6.45) is 3.25. The Kier molecular flexibility index (Phi) is 4.47. The van der Waals surface area contributed by atoms with Gasteiger partial charge in [0.15, 0.2) is 5.84 Å². The molecule has 0 radical (unpaired) electrons. The zero-order valence-electron chi connectivity index (χ0n) is 15.1. The fourth-order valence-corrected chi connectivity index (χ4v) is 4.77. The number of anilines is 1. The van der Waals surface area contributed by atoms with Crippen LogP contribution >= 0.6 is 0 Å². The number of amidine groups is 1. The zero-order valence-corrected chi connectivity index (χ0v) is 15.9. The van der Waals surface area contributed by atoms with Gasteiger partial charge in [-0.1, -0.05) is 12.1 Å². The number of nitrogens with one attached hydrogen (secondary N) is 1. The van der Waals surface area contributed by atoms with Crippen LogP contribution in [0.15, 0.2) is 57.8 Å². The second-order valence-corrected chi connectivity index (χ2v) is 8.53. The molecule has 0 aliphatic carbocycles. The minimum atomic E-state index is -3.65. The molecule has 1 unspecified atom stereocenters. The normalized spacial score (nSPS) is 20.7. The summed E-state index contributed by atoms with van der Waals surface area (Å²) < 4.78 is 28.1.